The van der Waals surface area contributed by atoms with E-state index in [4.69, 9.17) is 4.74 Å². The van der Waals surface area contributed by atoms with Crippen LogP contribution >= 0.6 is 0 Å². The molecule has 2 aliphatic rings. The molecule has 2 atom stereocenters. The van der Waals surface area contributed by atoms with E-state index >= 15 is 0 Å². The van der Waals surface area contributed by atoms with E-state index in [0.717, 1.165) is 26.3 Å². The number of likely N-dealkylation sites (N-methyl/N-ethyl adjacent to an activating group) is 1. The zero-order valence-electron chi connectivity index (χ0n) is 12.0. The summed E-state index contributed by atoms with van der Waals surface area (Å²) in [5, 5.41) is 3.65. The van der Waals surface area contributed by atoms with Crippen LogP contribution in [0.2, 0.25) is 0 Å². The molecule has 1 aromatic rings. The van der Waals surface area contributed by atoms with Gasteiger partial charge in [0, 0.05) is 38.5 Å². The Kier molecular flexibility index (Phi) is 3.76. The topological polar surface area (TPSA) is 24.5 Å². The first-order valence-corrected chi connectivity index (χ1v) is 7.38. The highest BCUT2D eigenvalue weighted by atomic mass is 16.5. The lowest BCUT2D eigenvalue weighted by Crippen LogP contribution is -2.33. The molecule has 0 spiro atoms. The summed E-state index contributed by atoms with van der Waals surface area (Å²) >= 11 is 0. The van der Waals surface area contributed by atoms with Gasteiger partial charge in [-0.05, 0) is 42.9 Å². The predicted octanol–water partition coefficient (Wildman–Crippen LogP) is 2.19. The number of ether oxygens (including phenoxy) is 1. The van der Waals surface area contributed by atoms with E-state index in [9.17, 15) is 0 Å². The Hall–Kier alpha value is -1.06. The maximum absolute atomic E-state index is 5.46. The number of nitrogens with zero attached hydrogens (tertiary/aromatic N) is 1. The summed E-state index contributed by atoms with van der Waals surface area (Å²) in [7, 11) is 2.17. The predicted molar refractivity (Wildman–Crippen MR) is 78.6 cm³/mol. The van der Waals surface area contributed by atoms with E-state index in [0.29, 0.717) is 12.0 Å². The summed E-state index contributed by atoms with van der Waals surface area (Å²) in [5.74, 6) is 0.681. The summed E-state index contributed by atoms with van der Waals surface area (Å²) in [5.41, 5.74) is 4.31. The maximum Gasteiger partial charge on any atom is 0.0509 e. The Morgan fingerprint density at radius 3 is 3.16 bits per heavy atom. The van der Waals surface area contributed by atoms with Gasteiger partial charge in [0.1, 0.15) is 0 Å². The fourth-order valence-corrected chi connectivity index (χ4v) is 3.12. The minimum Gasteiger partial charge on any atom is -0.381 e. The van der Waals surface area contributed by atoms with Gasteiger partial charge < -0.3 is 15.0 Å². The van der Waals surface area contributed by atoms with Gasteiger partial charge in [0.25, 0.3) is 0 Å². The molecule has 2 unspecified atom stereocenters. The van der Waals surface area contributed by atoms with E-state index in [-0.39, 0.29) is 0 Å². The van der Waals surface area contributed by atoms with Crippen LogP contribution in [0.15, 0.2) is 18.2 Å². The number of hydrogen-bond acceptors (Lipinski definition) is 3. The molecule has 2 aliphatic heterocycles. The van der Waals surface area contributed by atoms with E-state index in [2.05, 4.69) is 42.4 Å². The van der Waals surface area contributed by atoms with Gasteiger partial charge in [0.15, 0.2) is 0 Å². The first kappa shape index (κ1) is 12.9. The van der Waals surface area contributed by atoms with Crippen molar-refractivity contribution in [2.75, 3.05) is 31.7 Å². The average Bonchev–Trinajstić information content (AvgIpc) is 3.06. The van der Waals surface area contributed by atoms with E-state index in [1.165, 1.54) is 29.7 Å². The molecule has 0 aliphatic carbocycles. The van der Waals surface area contributed by atoms with Gasteiger partial charge in [-0.3, -0.25) is 0 Å². The zero-order chi connectivity index (χ0) is 13.2. The van der Waals surface area contributed by atoms with E-state index in [1.54, 1.807) is 0 Å². The van der Waals surface area contributed by atoms with Crippen LogP contribution in [0.1, 0.15) is 24.5 Å². The smallest absolute Gasteiger partial charge is 0.0509 e. The van der Waals surface area contributed by atoms with Gasteiger partial charge in [0.2, 0.25) is 0 Å². The standard InChI is InChI=1S/C16H24N2O/c1-12(15-6-8-19-11-15)17-10-13-3-4-16-14(9-13)5-7-18(16)2/h3-4,9,12,15,17H,5-8,10-11H2,1-2H3. The monoisotopic (exact) mass is 260 g/mol. The highest BCUT2D eigenvalue weighted by Crippen LogP contribution is 2.27. The van der Waals surface area contributed by atoms with Crippen molar-refractivity contribution < 1.29 is 4.74 Å². The molecule has 3 nitrogen and oxygen atoms in total. The third-order valence-electron chi connectivity index (χ3n) is 4.57. The van der Waals surface area contributed by atoms with Crippen LogP contribution in [0.3, 0.4) is 0 Å². The third kappa shape index (κ3) is 2.77. The van der Waals surface area contributed by atoms with Gasteiger partial charge in [0.05, 0.1) is 6.61 Å². The van der Waals surface area contributed by atoms with Crippen LogP contribution in [0.4, 0.5) is 5.69 Å². The Bertz CT molecular complexity index is 440. The molecule has 19 heavy (non-hydrogen) atoms. The second-order valence-corrected chi connectivity index (χ2v) is 5.93. The number of anilines is 1. The van der Waals surface area contributed by atoms with Crippen LogP contribution in [-0.4, -0.2) is 32.8 Å². The maximum atomic E-state index is 5.46. The fourth-order valence-electron chi connectivity index (χ4n) is 3.12. The van der Waals surface area contributed by atoms with E-state index in [1.807, 2.05) is 0 Å². The van der Waals surface area contributed by atoms with Crippen molar-refractivity contribution >= 4 is 5.69 Å². The van der Waals surface area contributed by atoms with Gasteiger partial charge in [-0.2, -0.15) is 0 Å². The Morgan fingerprint density at radius 1 is 1.47 bits per heavy atom. The van der Waals surface area contributed by atoms with Crippen molar-refractivity contribution in [3.8, 4) is 0 Å². The van der Waals surface area contributed by atoms with E-state index < -0.39 is 0 Å². The summed E-state index contributed by atoms with van der Waals surface area (Å²) in [6.07, 6.45) is 2.38. The Morgan fingerprint density at radius 2 is 2.37 bits per heavy atom. The SMILES string of the molecule is CC(NCc1ccc2c(c1)CCN2C)C1CCOC1. The first-order valence-electron chi connectivity index (χ1n) is 7.38. The highest BCUT2D eigenvalue weighted by molar-refractivity contribution is 5.58. The molecule has 0 bridgehead atoms. The molecule has 1 fully saturated rings. The number of benzene rings is 1. The molecular weight excluding hydrogens is 236 g/mol. The first-order chi connectivity index (χ1) is 9.24. The summed E-state index contributed by atoms with van der Waals surface area (Å²) in [6, 6.07) is 7.43. The molecule has 0 saturated carbocycles. The van der Waals surface area contributed by atoms with Crippen molar-refractivity contribution in [2.24, 2.45) is 5.92 Å². The molecule has 104 valence electrons. The molecule has 3 heteroatoms. The lowest BCUT2D eigenvalue weighted by Gasteiger charge is -2.19. The van der Waals surface area contributed by atoms with Crippen molar-refractivity contribution in [2.45, 2.75) is 32.4 Å². The molecule has 2 heterocycles. The van der Waals surface area contributed by atoms with Gasteiger partial charge in [-0.25, -0.2) is 0 Å². The molecule has 0 radical (unpaired) electrons. The van der Waals surface area contributed by atoms with Crippen molar-refractivity contribution in [1.82, 2.24) is 5.32 Å². The normalized spacial score (nSPS) is 23.7. The Balaban J connectivity index is 1.58. The minimum absolute atomic E-state index is 0.540. The molecule has 3 rings (SSSR count). The summed E-state index contributed by atoms with van der Waals surface area (Å²) in [6.45, 7) is 6.25. The molecule has 0 amide bonds. The molecule has 1 aromatic carbocycles. The van der Waals surface area contributed by atoms with Crippen molar-refractivity contribution in [3.63, 3.8) is 0 Å². The van der Waals surface area contributed by atoms with Crippen LogP contribution < -0.4 is 10.2 Å². The summed E-state index contributed by atoms with van der Waals surface area (Å²) in [4.78, 5) is 2.34. The largest absolute Gasteiger partial charge is 0.381 e. The van der Waals surface area contributed by atoms with Crippen LogP contribution in [-0.2, 0) is 17.7 Å². The molecular formula is C16H24N2O. The fraction of sp³-hybridized carbons (Fsp3) is 0.625. The number of fused-ring (bicyclic) bond motifs is 1. The average molecular weight is 260 g/mol. The lowest BCUT2D eigenvalue weighted by molar-refractivity contribution is 0.178. The van der Waals surface area contributed by atoms with Crippen molar-refractivity contribution in [1.29, 1.82) is 0 Å². The number of rotatable bonds is 4. The molecule has 1 N–H and O–H groups in total. The zero-order valence-corrected chi connectivity index (χ0v) is 12.0. The van der Waals surface area contributed by atoms with Crippen LogP contribution in [0.5, 0.6) is 0 Å². The van der Waals surface area contributed by atoms with Crippen molar-refractivity contribution in [3.05, 3.63) is 29.3 Å². The highest BCUT2D eigenvalue weighted by Gasteiger charge is 2.22. The van der Waals surface area contributed by atoms with Gasteiger partial charge >= 0.3 is 0 Å². The quantitative estimate of drug-likeness (QED) is 0.898. The van der Waals surface area contributed by atoms with Gasteiger partial charge in [-0.15, -0.1) is 0 Å². The summed E-state index contributed by atoms with van der Waals surface area (Å²) < 4.78 is 5.46. The molecule has 0 aromatic heterocycles. The second-order valence-electron chi connectivity index (χ2n) is 5.93. The minimum atomic E-state index is 0.540. The molecule has 1 saturated heterocycles. The Labute approximate surface area is 115 Å². The number of nitrogens with one attached hydrogen (secondary N) is 1. The van der Waals surface area contributed by atoms with Crippen LogP contribution in [0, 0.1) is 5.92 Å². The van der Waals surface area contributed by atoms with Crippen LogP contribution in [0.25, 0.3) is 0 Å². The second kappa shape index (κ2) is 5.51. The third-order valence-corrected chi connectivity index (χ3v) is 4.57. The number of hydrogen-bond donors (Lipinski definition) is 1. The van der Waals surface area contributed by atoms with Gasteiger partial charge in [-0.1, -0.05) is 12.1 Å². The lowest BCUT2D eigenvalue weighted by atomic mass is 10.0.